The molecule has 1 saturated carbocycles. The highest BCUT2D eigenvalue weighted by molar-refractivity contribution is 5.23. The molecule has 1 aromatic carbocycles. The van der Waals surface area contributed by atoms with Crippen LogP contribution in [0.4, 0.5) is 0 Å². The monoisotopic (exact) mass is 288 g/mol. The fraction of sp³-hybridized carbons (Fsp3) is 0.700. The summed E-state index contributed by atoms with van der Waals surface area (Å²) in [6.45, 7) is 9.59. The summed E-state index contributed by atoms with van der Waals surface area (Å²) >= 11 is 0. The predicted octanol–water partition coefficient (Wildman–Crippen LogP) is 5.01. The minimum Gasteiger partial charge on any atom is -0.396 e. The average Bonchev–Trinajstić information content (AvgIpc) is 2.47. The first-order valence-corrected chi connectivity index (χ1v) is 8.57. The Morgan fingerprint density at radius 2 is 1.57 bits per heavy atom. The summed E-state index contributed by atoms with van der Waals surface area (Å²) in [4.78, 5) is 0. The average molecular weight is 288 g/mol. The molecule has 1 heteroatoms. The molecule has 118 valence electrons. The molecule has 1 aliphatic rings. The van der Waals surface area contributed by atoms with Crippen molar-refractivity contribution in [2.45, 2.75) is 66.2 Å². The van der Waals surface area contributed by atoms with Gasteiger partial charge in [-0.2, -0.15) is 0 Å². The molecule has 0 spiro atoms. The molecule has 0 radical (unpaired) electrons. The summed E-state index contributed by atoms with van der Waals surface area (Å²) in [6.07, 6.45) is 6.99. The maximum Gasteiger partial charge on any atom is 0.0490 e. The van der Waals surface area contributed by atoms with Crippen LogP contribution in [0.15, 0.2) is 24.3 Å². The maximum atomic E-state index is 9.99. The van der Waals surface area contributed by atoms with Crippen molar-refractivity contribution in [3.8, 4) is 0 Å². The summed E-state index contributed by atoms with van der Waals surface area (Å²) < 4.78 is 0. The van der Waals surface area contributed by atoms with Crippen LogP contribution in [0.5, 0.6) is 0 Å². The fourth-order valence-corrected chi connectivity index (χ4v) is 3.81. The van der Waals surface area contributed by atoms with Crippen LogP contribution in [0.2, 0.25) is 0 Å². The Morgan fingerprint density at radius 3 is 2.00 bits per heavy atom. The molecule has 1 aromatic rings. The standard InChI is InChI=1S/C20H32O/c1-5-16-6-8-17(9-7-16)14-20(15-21)12-10-18(11-13-20)19(2,3)4/h6-9,18,21H,5,10-15H2,1-4H3. The van der Waals surface area contributed by atoms with Gasteiger partial charge < -0.3 is 5.11 Å². The molecule has 1 aliphatic carbocycles. The molecular formula is C20H32O. The van der Waals surface area contributed by atoms with E-state index >= 15 is 0 Å². The summed E-state index contributed by atoms with van der Waals surface area (Å²) in [5.74, 6) is 0.805. The van der Waals surface area contributed by atoms with E-state index in [1.54, 1.807) is 0 Å². The second-order valence-electron chi connectivity index (χ2n) is 8.15. The summed E-state index contributed by atoms with van der Waals surface area (Å²) in [5.41, 5.74) is 3.31. The number of aryl methyl sites for hydroxylation is 1. The van der Waals surface area contributed by atoms with Gasteiger partial charge in [-0.1, -0.05) is 52.0 Å². The van der Waals surface area contributed by atoms with Gasteiger partial charge in [-0.25, -0.2) is 0 Å². The first-order chi connectivity index (χ1) is 9.88. The van der Waals surface area contributed by atoms with Crippen LogP contribution < -0.4 is 0 Å². The van der Waals surface area contributed by atoms with E-state index in [0.29, 0.717) is 12.0 Å². The van der Waals surface area contributed by atoms with Crippen molar-refractivity contribution in [1.29, 1.82) is 0 Å². The quantitative estimate of drug-likeness (QED) is 0.826. The molecule has 0 saturated heterocycles. The van der Waals surface area contributed by atoms with Crippen LogP contribution in [0.25, 0.3) is 0 Å². The number of hydrogen-bond donors (Lipinski definition) is 1. The topological polar surface area (TPSA) is 20.2 Å². The lowest BCUT2D eigenvalue weighted by molar-refractivity contribution is 0.0369. The summed E-state index contributed by atoms with van der Waals surface area (Å²) in [6, 6.07) is 8.99. The lowest BCUT2D eigenvalue weighted by Gasteiger charge is -2.43. The van der Waals surface area contributed by atoms with Crippen LogP contribution in [-0.4, -0.2) is 11.7 Å². The van der Waals surface area contributed by atoms with Crippen LogP contribution in [0, 0.1) is 16.7 Å². The molecule has 0 bridgehead atoms. The van der Waals surface area contributed by atoms with Gasteiger partial charge in [0.25, 0.3) is 0 Å². The van der Waals surface area contributed by atoms with E-state index in [1.165, 1.54) is 36.8 Å². The third-order valence-corrected chi connectivity index (χ3v) is 5.62. The largest absolute Gasteiger partial charge is 0.396 e. The summed E-state index contributed by atoms with van der Waals surface area (Å²) in [7, 11) is 0. The smallest absolute Gasteiger partial charge is 0.0490 e. The zero-order chi connectivity index (χ0) is 15.5. The number of hydrogen-bond acceptors (Lipinski definition) is 1. The molecule has 0 atom stereocenters. The maximum absolute atomic E-state index is 9.99. The first-order valence-electron chi connectivity index (χ1n) is 8.57. The Balaban J connectivity index is 2.02. The van der Waals surface area contributed by atoms with Gasteiger partial charge in [0.2, 0.25) is 0 Å². The van der Waals surface area contributed by atoms with E-state index < -0.39 is 0 Å². The third kappa shape index (κ3) is 4.10. The van der Waals surface area contributed by atoms with Crippen LogP contribution in [0.3, 0.4) is 0 Å². The number of benzene rings is 1. The highest BCUT2D eigenvalue weighted by Crippen LogP contribution is 2.46. The van der Waals surface area contributed by atoms with Crippen LogP contribution >= 0.6 is 0 Å². The SMILES string of the molecule is CCc1ccc(CC2(CO)CCC(C(C)(C)C)CC2)cc1. The van der Waals surface area contributed by atoms with Crippen LogP contribution in [0.1, 0.15) is 64.5 Å². The molecule has 0 unspecified atom stereocenters. The highest BCUT2D eigenvalue weighted by Gasteiger charge is 2.38. The van der Waals surface area contributed by atoms with E-state index in [4.69, 9.17) is 0 Å². The molecular weight excluding hydrogens is 256 g/mol. The zero-order valence-electron chi connectivity index (χ0n) is 14.3. The normalized spacial score (nSPS) is 26.8. The van der Waals surface area contributed by atoms with Gasteiger partial charge in [0, 0.05) is 6.61 Å². The molecule has 2 rings (SSSR count). The molecule has 1 N–H and O–H groups in total. The molecule has 0 aliphatic heterocycles. The fourth-order valence-electron chi connectivity index (χ4n) is 3.81. The molecule has 1 fully saturated rings. The number of aliphatic hydroxyl groups excluding tert-OH is 1. The zero-order valence-corrected chi connectivity index (χ0v) is 14.3. The second kappa shape index (κ2) is 6.52. The van der Waals surface area contributed by atoms with Gasteiger partial charge in [-0.05, 0) is 66.4 Å². The Labute approximate surface area is 130 Å². The lowest BCUT2D eigenvalue weighted by atomic mass is 9.62. The van der Waals surface area contributed by atoms with Gasteiger partial charge in [-0.3, -0.25) is 0 Å². The lowest BCUT2D eigenvalue weighted by Crippen LogP contribution is -2.36. The van der Waals surface area contributed by atoms with E-state index in [0.717, 1.165) is 18.8 Å². The minimum atomic E-state index is 0.121. The summed E-state index contributed by atoms with van der Waals surface area (Å²) in [5, 5.41) is 9.99. The molecule has 0 amide bonds. The van der Waals surface area contributed by atoms with Crippen molar-refractivity contribution in [1.82, 2.24) is 0 Å². The van der Waals surface area contributed by atoms with Crippen LogP contribution in [-0.2, 0) is 12.8 Å². The van der Waals surface area contributed by atoms with Crippen molar-refractivity contribution < 1.29 is 5.11 Å². The Bertz CT molecular complexity index is 430. The molecule has 1 nitrogen and oxygen atoms in total. The van der Waals surface area contributed by atoms with E-state index in [1.807, 2.05) is 0 Å². The molecule has 21 heavy (non-hydrogen) atoms. The van der Waals surface area contributed by atoms with Crippen molar-refractivity contribution in [2.24, 2.45) is 16.7 Å². The Kier molecular flexibility index (Phi) is 5.14. The van der Waals surface area contributed by atoms with Gasteiger partial charge in [-0.15, -0.1) is 0 Å². The van der Waals surface area contributed by atoms with Gasteiger partial charge in [0.1, 0.15) is 0 Å². The van der Waals surface area contributed by atoms with Gasteiger partial charge >= 0.3 is 0 Å². The Hall–Kier alpha value is -0.820. The van der Waals surface area contributed by atoms with Crippen molar-refractivity contribution in [3.63, 3.8) is 0 Å². The van der Waals surface area contributed by atoms with Gasteiger partial charge in [0.15, 0.2) is 0 Å². The van der Waals surface area contributed by atoms with Crippen molar-refractivity contribution >= 4 is 0 Å². The van der Waals surface area contributed by atoms with Crippen molar-refractivity contribution in [2.75, 3.05) is 6.61 Å². The number of aliphatic hydroxyl groups is 1. The van der Waals surface area contributed by atoms with E-state index in [-0.39, 0.29) is 5.41 Å². The van der Waals surface area contributed by atoms with E-state index in [9.17, 15) is 5.11 Å². The van der Waals surface area contributed by atoms with Crippen molar-refractivity contribution in [3.05, 3.63) is 35.4 Å². The second-order valence-corrected chi connectivity index (χ2v) is 8.15. The molecule has 0 heterocycles. The third-order valence-electron chi connectivity index (χ3n) is 5.62. The minimum absolute atomic E-state index is 0.121. The molecule has 0 aromatic heterocycles. The highest BCUT2D eigenvalue weighted by atomic mass is 16.3. The number of rotatable bonds is 4. The first kappa shape index (κ1) is 16.5. The predicted molar refractivity (Wildman–Crippen MR) is 90.5 cm³/mol. The Morgan fingerprint density at radius 1 is 1.05 bits per heavy atom. The van der Waals surface area contributed by atoms with E-state index in [2.05, 4.69) is 52.0 Å². The van der Waals surface area contributed by atoms with Gasteiger partial charge in [0.05, 0.1) is 0 Å².